The van der Waals surface area contributed by atoms with E-state index in [0.717, 1.165) is 21.0 Å². The van der Waals surface area contributed by atoms with Crippen LogP contribution in [0, 0.1) is 20.8 Å². The van der Waals surface area contributed by atoms with E-state index in [2.05, 4.69) is 9.71 Å². The van der Waals surface area contributed by atoms with Crippen LogP contribution in [0.5, 0.6) is 0 Å². The molecule has 0 unspecified atom stereocenters. The van der Waals surface area contributed by atoms with Gasteiger partial charge in [0.1, 0.15) is 5.01 Å². The third kappa shape index (κ3) is 3.40. The number of hydrogen-bond acceptors (Lipinski definition) is 4. The van der Waals surface area contributed by atoms with E-state index in [-0.39, 0.29) is 6.54 Å². The maximum absolute atomic E-state index is 12.3. The highest BCUT2D eigenvalue weighted by Crippen LogP contribution is 2.17. The number of aromatic nitrogens is 1. The predicted octanol–water partition coefficient (Wildman–Crippen LogP) is 2.55. The second-order valence-corrected chi connectivity index (χ2v) is 7.51. The molecule has 6 heteroatoms. The summed E-state index contributed by atoms with van der Waals surface area (Å²) in [4.78, 5) is 5.55. The Morgan fingerprint density at radius 1 is 1.26 bits per heavy atom. The zero-order valence-electron chi connectivity index (χ0n) is 11.1. The Labute approximate surface area is 117 Å². The number of aryl methyl sites for hydroxylation is 3. The molecule has 0 atom stereocenters. The molecule has 0 aliphatic rings. The maximum atomic E-state index is 12.3. The van der Waals surface area contributed by atoms with E-state index in [4.69, 9.17) is 0 Å². The van der Waals surface area contributed by atoms with Gasteiger partial charge in [0.15, 0.2) is 0 Å². The number of sulfonamides is 1. The normalized spacial score (nSPS) is 11.7. The minimum absolute atomic E-state index is 0.230. The van der Waals surface area contributed by atoms with Crippen molar-refractivity contribution >= 4 is 21.4 Å². The Kier molecular flexibility index (Phi) is 4.03. The molecule has 0 radical (unpaired) electrons. The van der Waals surface area contributed by atoms with E-state index in [0.29, 0.717) is 4.90 Å². The van der Waals surface area contributed by atoms with Crippen LogP contribution in [0.1, 0.15) is 21.0 Å². The average molecular weight is 296 g/mol. The van der Waals surface area contributed by atoms with E-state index < -0.39 is 10.0 Å². The first-order chi connectivity index (χ1) is 8.88. The standard InChI is InChI=1S/C13H16N2O2S2/c1-9-4-5-10(2)12(6-9)19(16,17)15-8-13-14-7-11(3)18-13/h4-7,15H,8H2,1-3H3. The van der Waals surface area contributed by atoms with Gasteiger partial charge < -0.3 is 0 Å². The first kappa shape index (κ1) is 14.2. The smallest absolute Gasteiger partial charge is 0.241 e. The van der Waals surface area contributed by atoms with Crippen molar-refractivity contribution in [1.29, 1.82) is 0 Å². The Balaban J connectivity index is 2.20. The molecule has 0 bridgehead atoms. The summed E-state index contributed by atoms with van der Waals surface area (Å²) in [6.45, 7) is 5.85. The molecular formula is C13H16N2O2S2. The number of hydrogen-bond donors (Lipinski definition) is 1. The molecule has 0 aliphatic carbocycles. The van der Waals surface area contributed by atoms with Gasteiger partial charge >= 0.3 is 0 Å². The highest BCUT2D eigenvalue weighted by atomic mass is 32.2. The van der Waals surface area contributed by atoms with E-state index >= 15 is 0 Å². The fourth-order valence-corrected chi connectivity index (χ4v) is 3.85. The molecule has 1 heterocycles. The summed E-state index contributed by atoms with van der Waals surface area (Å²) in [5, 5.41) is 0.770. The van der Waals surface area contributed by atoms with Crippen molar-refractivity contribution in [3.63, 3.8) is 0 Å². The quantitative estimate of drug-likeness (QED) is 0.943. The number of thiazole rings is 1. The molecular weight excluding hydrogens is 280 g/mol. The SMILES string of the molecule is Cc1ccc(C)c(S(=O)(=O)NCc2ncc(C)s2)c1. The van der Waals surface area contributed by atoms with Gasteiger partial charge in [-0.05, 0) is 38.0 Å². The van der Waals surface area contributed by atoms with Crippen LogP contribution in [0.15, 0.2) is 29.3 Å². The van der Waals surface area contributed by atoms with Crippen LogP contribution < -0.4 is 4.72 Å². The number of rotatable bonds is 4. The van der Waals surface area contributed by atoms with Crippen molar-refractivity contribution in [2.45, 2.75) is 32.2 Å². The van der Waals surface area contributed by atoms with Gasteiger partial charge in [0.2, 0.25) is 10.0 Å². The summed E-state index contributed by atoms with van der Waals surface area (Å²) in [6, 6.07) is 5.40. The van der Waals surface area contributed by atoms with Gasteiger partial charge in [0.05, 0.1) is 11.4 Å². The van der Waals surface area contributed by atoms with E-state index in [1.54, 1.807) is 19.2 Å². The zero-order valence-corrected chi connectivity index (χ0v) is 12.7. The maximum Gasteiger partial charge on any atom is 0.241 e. The minimum atomic E-state index is -3.49. The summed E-state index contributed by atoms with van der Waals surface area (Å²) in [5.41, 5.74) is 1.67. The van der Waals surface area contributed by atoms with Crippen molar-refractivity contribution < 1.29 is 8.42 Å². The molecule has 0 saturated carbocycles. The number of nitrogens with one attached hydrogen (secondary N) is 1. The van der Waals surface area contributed by atoms with Crippen LogP contribution in [-0.2, 0) is 16.6 Å². The van der Waals surface area contributed by atoms with Crippen LogP contribution in [-0.4, -0.2) is 13.4 Å². The largest absolute Gasteiger partial charge is 0.248 e. The Morgan fingerprint density at radius 2 is 2.00 bits per heavy atom. The summed E-state index contributed by atoms with van der Waals surface area (Å²) in [6.07, 6.45) is 1.74. The summed E-state index contributed by atoms with van der Waals surface area (Å²) >= 11 is 1.49. The van der Waals surface area contributed by atoms with Crippen molar-refractivity contribution in [3.05, 3.63) is 45.4 Å². The first-order valence-corrected chi connectivity index (χ1v) is 8.17. The summed E-state index contributed by atoms with van der Waals surface area (Å²) in [5.74, 6) is 0. The van der Waals surface area contributed by atoms with Crippen molar-refractivity contribution in [2.24, 2.45) is 0 Å². The number of benzene rings is 1. The van der Waals surface area contributed by atoms with Crippen LogP contribution in [0.2, 0.25) is 0 Å². The van der Waals surface area contributed by atoms with Gasteiger partial charge in [-0.2, -0.15) is 0 Å². The third-order valence-electron chi connectivity index (χ3n) is 2.72. The summed E-state index contributed by atoms with van der Waals surface area (Å²) in [7, 11) is -3.49. The molecule has 4 nitrogen and oxygen atoms in total. The van der Waals surface area contributed by atoms with Crippen molar-refractivity contribution in [1.82, 2.24) is 9.71 Å². The molecule has 2 rings (SSSR count). The van der Waals surface area contributed by atoms with Crippen LogP contribution in [0.25, 0.3) is 0 Å². The highest BCUT2D eigenvalue weighted by Gasteiger charge is 2.17. The van der Waals surface area contributed by atoms with Gasteiger partial charge in [0.25, 0.3) is 0 Å². The Hall–Kier alpha value is -1.24. The Bertz CT molecular complexity index is 690. The lowest BCUT2D eigenvalue weighted by atomic mass is 10.2. The molecule has 0 saturated heterocycles. The zero-order chi connectivity index (χ0) is 14.0. The fraction of sp³-hybridized carbons (Fsp3) is 0.308. The Morgan fingerprint density at radius 3 is 2.63 bits per heavy atom. The lowest BCUT2D eigenvalue weighted by Gasteiger charge is -2.09. The monoisotopic (exact) mass is 296 g/mol. The number of nitrogens with zero attached hydrogens (tertiary/aromatic N) is 1. The van der Waals surface area contributed by atoms with E-state index in [1.165, 1.54) is 11.3 Å². The second-order valence-electron chi connectivity index (χ2n) is 4.46. The van der Waals surface area contributed by atoms with Crippen molar-refractivity contribution in [2.75, 3.05) is 0 Å². The van der Waals surface area contributed by atoms with Crippen LogP contribution >= 0.6 is 11.3 Å². The van der Waals surface area contributed by atoms with Gasteiger partial charge in [-0.3, -0.25) is 0 Å². The van der Waals surface area contributed by atoms with Gasteiger partial charge in [0, 0.05) is 11.1 Å². The molecule has 2 aromatic rings. The molecule has 19 heavy (non-hydrogen) atoms. The molecule has 0 aliphatic heterocycles. The third-order valence-corrected chi connectivity index (χ3v) is 5.17. The van der Waals surface area contributed by atoms with Crippen LogP contribution in [0.3, 0.4) is 0 Å². The molecule has 1 aromatic carbocycles. The van der Waals surface area contributed by atoms with Crippen LogP contribution in [0.4, 0.5) is 0 Å². The average Bonchev–Trinajstić information content (AvgIpc) is 2.76. The van der Waals surface area contributed by atoms with Gasteiger partial charge in [-0.15, -0.1) is 11.3 Å². The molecule has 102 valence electrons. The molecule has 1 aromatic heterocycles. The fourth-order valence-electron chi connectivity index (χ4n) is 1.71. The molecule has 0 amide bonds. The lowest BCUT2D eigenvalue weighted by molar-refractivity contribution is 0.580. The second kappa shape index (κ2) is 5.40. The predicted molar refractivity (Wildman–Crippen MR) is 76.8 cm³/mol. The van der Waals surface area contributed by atoms with E-state index in [9.17, 15) is 8.42 Å². The van der Waals surface area contributed by atoms with Gasteiger partial charge in [-0.1, -0.05) is 12.1 Å². The molecule has 0 fully saturated rings. The summed E-state index contributed by atoms with van der Waals surface area (Å²) < 4.78 is 27.1. The topological polar surface area (TPSA) is 59.1 Å². The first-order valence-electron chi connectivity index (χ1n) is 5.87. The van der Waals surface area contributed by atoms with Crippen molar-refractivity contribution in [3.8, 4) is 0 Å². The van der Waals surface area contributed by atoms with E-state index in [1.807, 2.05) is 26.0 Å². The molecule has 0 spiro atoms. The highest BCUT2D eigenvalue weighted by molar-refractivity contribution is 7.89. The molecule has 1 N–H and O–H groups in total. The minimum Gasteiger partial charge on any atom is -0.248 e. The van der Waals surface area contributed by atoms with Gasteiger partial charge in [-0.25, -0.2) is 18.1 Å². The lowest BCUT2D eigenvalue weighted by Crippen LogP contribution is -2.24.